The Balaban J connectivity index is 0.00000106. The molecule has 3 heterocycles. The Morgan fingerprint density at radius 2 is 1.55 bits per heavy atom. The molecule has 0 spiro atoms. The second kappa shape index (κ2) is 14.2. The largest absolute Gasteiger partial charge is 0.369 e. The average molecular weight is 552 g/mol. The highest BCUT2D eigenvalue weighted by atomic mass is 16.2. The van der Waals surface area contributed by atoms with Crippen LogP contribution in [0.2, 0.25) is 0 Å². The van der Waals surface area contributed by atoms with E-state index in [9.17, 15) is 4.79 Å². The van der Waals surface area contributed by atoms with Crippen molar-refractivity contribution in [2.24, 2.45) is 5.41 Å². The Bertz CT molecular complexity index is 1070. The first-order valence-electron chi connectivity index (χ1n) is 15.4. The van der Waals surface area contributed by atoms with Crippen LogP contribution in [0.25, 0.3) is 0 Å². The molecule has 0 radical (unpaired) electrons. The fraction of sp³-hybridized carbons (Fsp3) is 0.656. The lowest BCUT2D eigenvalue weighted by Gasteiger charge is -2.34. The molecule has 5 rings (SSSR count). The van der Waals surface area contributed by atoms with E-state index in [0.29, 0.717) is 18.5 Å². The van der Waals surface area contributed by atoms with Crippen molar-refractivity contribution in [3.05, 3.63) is 36.0 Å². The minimum atomic E-state index is -0.482. The predicted molar refractivity (Wildman–Crippen MR) is 170 cm³/mol. The van der Waals surface area contributed by atoms with E-state index >= 15 is 0 Å². The molecule has 8 heteroatoms. The number of hydrogen-bond donors (Lipinski definition) is 1. The first-order chi connectivity index (χ1) is 19.2. The van der Waals surface area contributed by atoms with Gasteiger partial charge in [-0.3, -0.25) is 4.79 Å². The van der Waals surface area contributed by atoms with Gasteiger partial charge in [0.1, 0.15) is 5.69 Å². The van der Waals surface area contributed by atoms with E-state index in [4.69, 9.17) is 4.98 Å². The minimum absolute atomic E-state index is 0.0612. The highest BCUT2D eigenvalue weighted by molar-refractivity contribution is 6.00. The van der Waals surface area contributed by atoms with Crippen molar-refractivity contribution in [1.82, 2.24) is 14.9 Å². The van der Waals surface area contributed by atoms with Crippen LogP contribution in [0.4, 0.5) is 23.1 Å². The summed E-state index contributed by atoms with van der Waals surface area (Å²) in [5, 5.41) is 3.52. The number of carbonyl (C=O) groups is 1. The van der Waals surface area contributed by atoms with Crippen LogP contribution >= 0.6 is 0 Å². The maximum Gasteiger partial charge on any atom is 0.234 e. The molecule has 0 bridgehead atoms. The molecular weight excluding hydrogens is 498 g/mol. The van der Waals surface area contributed by atoms with Gasteiger partial charge in [-0.15, -0.1) is 0 Å². The fourth-order valence-corrected chi connectivity index (χ4v) is 5.85. The first-order valence-corrected chi connectivity index (χ1v) is 15.4. The molecule has 40 heavy (non-hydrogen) atoms. The molecule has 222 valence electrons. The highest BCUT2D eigenvalue weighted by Crippen LogP contribution is 2.40. The van der Waals surface area contributed by atoms with Crippen molar-refractivity contribution in [3.63, 3.8) is 0 Å². The number of benzene rings is 1. The van der Waals surface area contributed by atoms with Gasteiger partial charge >= 0.3 is 0 Å². The molecule has 1 atom stereocenters. The van der Waals surface area contributed by atoms with Crippen molar-refractivity contribution in [3.8, 4) is 0 Å². The topological polar surface area (TPSA) is 67.8 Å². The summed E-state index contributed by atoms with van der Waals surface area (Å²) >= 11 is 0. The van der Waals surface area contributed by atoms with Gasteiger partial charge in [0.15, 0.2) is 5.82 Å². The van der Waals surface area contributed by atoms with Crippen molar-refractivity contribution in [2.45, 2.75) is 86.2 Å². The maximum atomic E-state index is 13.2. The number of rotatable bonds is 5. The summed E-state index contributed by atoms with van der Waals surface area (Å²) in [5.41, 5.74) is 2.80. The van der Waals surface area contributed by atoms with Gasteiger partial charge in [-0.25, -0.2) is 4.98 Å². The number of likely N-dealkylation sites (N-methyl/N-ethyl adjacent to an activating group) is 1. The van der Waals surface area contributed by atoms with Gasteiger partial charge in [0.05, 0.1) is 17.7 Å². The number of fused-ring (bicyclic) bond motifs is 1. The van der Waals surface area contributed by atoms with Crippen LogP contribution in [0.1, 0.15) is 85.8 Å². The molecule has 3 aliphatic rings. The average Bonchev–Trinajstić information content (AvgIpc) is 3.51. The molecule has 2 aliphatic heterocycles. The van der Waals surface area contributed by atoms with Crippen LogP contribution < -0.4 is 20.0 Å². The molecule has 2 aromatic rings. The molecule has 1 aromatic carbocycles. The van der Waals surface area contributed by atoms with Gasteiger partial charge in [0.2, 0.25) is 11.9 Å². The number of hydrogen-bond acceptors (Lipinski definition) is 7. The number of nitrogens with one attached hydrogen (secondary N) is 1. The molecule has 8 nitrogen and oxygen atoms in total. The molecule has 1 aliphatic carbocycles. The Hall–Kier alpha value is -2.87. The Morgan fingerprint density at radius 1 is 0.950 bits per heavy atom. The smallest absolute Gasteiger partial charge is 0.234 e. The summed E-state index contributed by atoms with van der Waals surface area (Å²) < 4.78 is 0. The zero-order chi connectivity index (χ0) is 29.4. The van der Waals surface area contributed by atoms with Crippen LogP contribution in [-0.2, 0) is 4.79 Å². The summed E-state index contributed by atoms with van der Waals surface area (Å²) in [6.45, 7) is 19.2. The van der Waals surface area contributed by atoms with E-state index in [1.165, 1.54) is 24.1 Å². The molecule has 2 fully saturated rings. The minimum Gasteiger partial charge on any atom is -0.369 e. The second-order valence-electron chi connectivity index (χ2n) is 11.5. The van der Waals surface area contributed by atoms with Crippen LogP contribution in [0, 0.1) is 5.41 Å². The van der Waals surface area contributed by atoms with Crippen molar-refractivity contribution in [2.75, 3.05) is 66.8 Å². The van der Waals surface area contributed by atoms with E-state index < -0.39 is 5.41 Å². The van der Waals surface area contributed by atoms with E-state index in [2.05, 4.69) is 63.2 Å². The summed E-state index contributed by atoms with van der Waals surface area (Å²) in [4.78, 5) is 31.8. The Kier molecular flexibility index (Phi) is 11.2. The van der Waals surface area contributed by atoms with Crippen LogP contribution in [0.3, 0.4) is 0 Å². The van der Waals surface area contributed by atoms with E-state index in [1.54, 1.807) is 4.90 Å². The number of anilines is 4. The summed E-state index contributed by atoms with van der Waals surface area (Å²) in [5.74, 6) is 1.59. The van der Waals surface area contributed by atoms with Crippen LogP contribution in [0.15, 0.2) is 30.5 Å². The number of amides is 1. The molecule has 1 saturated heterocycles. The monoisotopic (exact) mass is 551 g/mol. The van der Waals surface area contributed by atoms with Gasteiger partial charge in [-0.05, 0) is 58.4 Å². The van der Waals surface area contributed by atoms with Gasteiger partial charge < -0.3 is 24.9 Å². The first kappa shape index (κ1) is 31.7. The number of carbonyl (C=O) groups excluding carboxylic acids is 1. The lowest BCUT2D eigenvalue weighted by molar-refractivity contribution is -0.125. The zero-order valence-electron chi connectivity index (χ0n) is 26.5. The summed E-state index contributed by atoms with van der Waals surface area (Å²) in [6, 6.07) is 9.33. The maximum absolute atomic E-state index is 13.2. The van der Waals surface area contributed by atoms with Gasteiger partial charge in [0.25, 0.3) is 0 Å². The van der Waals surface area contributed by atoms with Crippen molar-refractivity contribution < 1.29 is 4.79 Å². The van der Waals surface area contributed by atoms with Crippen molar-refractivity contribution in [1.29, 1.82) is 0 Å². The predicted octanol–water partition coefficient (Wildman–Crippen LogP) is 6.21. The van der Waals surface area contributed by atoms with Gasteiger partial charge in [-0.2, -0.15) is 4.98 Å². The van der Waals surface area contributed by atoms with Crippen LogP contribution in [-0.4, -0.2) is 73.6 Å². The van der Waals surface area contributed by atoms with Gasteiger partial charge in [-0.1, -0.05) is 52.7 Å². The molecule has 1 saturated carbocycles. The second-order valence-corrected chi connectivity index (χ2v) is 11.5. The number of aromatic nitrogens is 2. The molecule has 1 amide bonds. The van der Waals surface area contributed by atoms with E-state index in [0.717, 1.165) is 50.5 Å². The standard InChI is InChI=1S/C28H41N7O.2C2H6/c1-20(21-10-12-22(13-11-21)34-16-14-32(4)15-17-34)30-27-29-18-24-25(31-27)35(23-8-6-7-9-23)19-28(2,3)26(36)33(24)5;2*1-2/h10-13,18,20,23H,6-9,14-17,19H2,1-5H3,(H,29,30,31);2*1-2H3/t20-;;/m0../s1. The van der Waals surface area contributed by atoms with Gasteiger partial charge in [0, 0.05) is 51.5 Å². The summed E-state index contributed by atoms with van der Waals surface area (Å²) in [7, 11) is 4.03. The fourth-order valence-electron chi connectivity index (χ4n) is 5.85. The highest BCUT2D eigenvalue weighted by Gasteiger charge is 2.41. The lowest BCUT2D eigenvalue weighted by Crippen LogP contribution is -2.45. The normalized spacial score (nSPS) is 20.0. The van der Waals surface area contributed by atoms with Crippen LogP contribution in [0.5, 0.6) is 0 Å². The number of nitrogens with zero attached hydrogens (tertiary/aromatic N) is 6. The molecule has 1 aromatic heterocycles. The Morgan fingerprint density at radius 3 is 2.15 bits per heavy atom. The van der Waals surface area contributed by atoms with E-state index in [-0.39, 0.29) is 11.9 Å². The third-order valence-corrected chi connectivity index (χ3v) is 8.21. The molecule has 0 unspecified atom stereocenters. The summed E-state index contributed by atoms with van der Waals surface area (Å²) in [6.07, 6.45) is 6.58. The third kappa shape index (κ3) is 7.06. The van der Waals surface area contributed by atoms with Crippen molar-refractivity contribution >= 4 is 29.0 Å². The lowest BCUT2D eigenvalue weighted by atomic mass is 9.91. The quantitative estimate of drug-likeness (QED) is 0.474. The molecular formula is C32H53N7O. The third-order valence-electron chi connectivity index (χ3n) is 8.21. The molecule has 1 N–H and O–H groups in total. The zero-order valence-corrected chi connectivity index (χ0v) is 26.5. The van der Waals surface area contributed by atoms with E-state index in [1.807, 2.05) is 54.8 Å². The SMILES string of the molecule is CC.CC.C[C@H](Nc1ncc2c(n1)N(C1CCCC1)CC(C)(C)C(=O)N2C)c1ccc(N2CCN(C)CC2)cc1. The number of piperazine rings is 1. The Labute approximate surface area is 243 Å².